The number of carbonyl (C=O) groups excluding carboxylic acids is 1. The van der Waals surface area contributed by atoms with Gasteiger partial charge in [-0.2, -0.15) is 8.78 Å². The van der Waals surface area contributed by atoms with Gasteiger partial charge in [-0.15, -0.1) is 0 Å². The number of methoxy groups -OCH3 is 3. The van der Waals surface area contributed by atoms with Gasteiger partial charge in [0, 0.05) is 6.08 Å². The van der Waals surface area contributed by atoms with Crippen LogP contribution in [0.3, 0.4) is 0 Å². The van der Waals surface area contributed by atoms with Crippen LogP contribution in [-0.2, 0) is 4.79 Å². The smallest absolute Gasteiger partial charge is 0.387 e. The van der Waals surface area contributed by atoms with Crippen molar-refractivity contribution in [3.8, 4) is 28.7 Å². The highest BCUT2D eigenvalue weighted by molar-refractivity contribution is 5.89. The van der Waals surface area contributed by atoms with Gasteiger partial charge in [-0.05, 0) is 35.9 Å². The van der Waals surface area contributed by atoms with Crippen molar-refractivity contribution in [2.45, 2.75) is 6.61 Å². The molecule has 0 amide bonds. The number of halogens is 2. The minimum Gasteiger partial charge on any atom is -0.493 e. The average Bonchev–Trinajstić information content (AvgIpc) is 2.66. The molecular weight excluding hydrogens is 362 g/mol. The Kier molecular flexibility index (Phi) is 6.99. The SMILES string of the molecule is COc1cc(C=CC(=O)Oc2c(OC)cccc2OC)ccc1OC(F)F. The van der Waals surface area contributed by atoms with Crippen LogP contribution in [-0.4, -0.2) is 33.9 Å². The Balaban J connectivity index is 2.16. The van der Waals surface area contributed by atoms with E-state index >= 15 is 0 Å². The van der Waals surface area contributed by atoms with Gasteiger partial charge in [-0.25, -0.2) is 4.79 Å². The maximum absolute atomic E-state index is 12.3. The van der Waals surface area contributed by atoms with Crippen LogP contribution in [0.25, 0.3) is 6.08 Å². The maximum atomic E-state index is 12.3. The van der Waals surface area contributed by atoms with Gasteiger partial charge in [0.05, 0.1) is 21.3 Å². The molecule has 0 saturated carbocycles. The molecule has 0 heterocycles. The van der Waals surface area contributed by atoms with E-state index in [2.05, 4.69) is 4.74 Å². The van der Waals surface area contributed by atoms with Crippen molar-refractivity contribution >= 4 is 12.0 Å². The number of alkyl halides is 2. The highest BCUT2D eigenvalue weighted by Gasteiger charge is 2.14. The average molecular weight is 380 g/mol. The van der Waals surface area contributed by atoms with E-state index in [0.29, 0.717) is 17.1 Å². The summed E-state index contributed by atoms with van der Waals surface area (Å²) in [6.07, 6.45) is 2.62. The van der Waals surface area contributed by atoms with E-state index in [9.17, 15) is 13.6 Å². The van der Waals surface area contributed by atoms with Crippen LogP contribution in [0, 0.1) is 0 Å². The van der Waals surface area contributed by atoms with E-state index in [1.807, 2.05) is 0 Å². The third kappa shape index (κ3) is 5.34. The Morgan fingerprint density at radius 2 is 1.56 bits per heavy atom. The number of rotatable bonds is 8. The summed E-state index contributed by atoms with van der Waals surface area (Å²) in [5, 5.41) is 0. The van der Waals surface area contributed by atoms with Gasteiger partial charge in [0.1, 0.15) is 0 Å². The summed E-state index contributed by atoms with van der Waals surface area (Å²) in [6, 6.07) is 9.21. The summed E-state index contributed by atoms with van der Waals surface area (Å²) >= 11 is 0. The first kappa shape index (κ1) is 20.0. The van der Waals surface area contributed by atoms with Gasteiger partial charge in [-0.1, -0.05) is 12.1 Å². The van der Waals surface area contributed by atoms with Gasteiger partial charge in [0.25, 0.3) is 0 Å². The van der Waals surface area contributed by atoms with Crippen molar-refractivity contribution in [3.05, 3.63) is 48.0 Å². The number of esters is 1. The minimum atomic E-state index is -2.97. The molecule has 2 aromatic rings. The van der Waals surface area contributed by atoms with Crippen LogP contribution in [0.5, 0.6) is 28.7 Å². The standard InChI is InChI=1S/C19H18F2O6/c1-23-14-5-4-6-15(24-2)18(14)27-17(22)10-8-12-7-9-13(26-19(20)21)16(11-12)25-3/h4-11,19H,1-3H3. The lowest BCUT2D eigenvalue weighted by molar-refractivity contribution is -0.129. The Bertz CT molecular complexity index is 798. The van der Waals surface area contributed by atoms with Gasteiger partial charge < -0.3 is 23.7 Å². The molecule has 0 spiro atoms. The lowest BCUT2D eigenvalue weighted by atomic mass is 10.2. The van der Waals surface area contributed by atoms with Gasteiger partial charge >= 0.3 is 12.6 Å². The molecule has 0 unspecified atom stereocenters. The van der Waals surface area contributed by atoms with Crippen LogP contribution >= 0.6 is 0 Å². The molecule has 0 radical (unpaired) electrons. The molecule has 8 heteroatoms. The molecule has 0 aromatic heterocycles. The number of hydrogen-bond acceptors (Lipinski definition) is 6. The molecule has 0 fully saturated rings. The van der Waals surface area contributed by atoms with E-state index in [1.54, 1.807) is 18.2 Å². The maximum Gasteiger partial charge on any atom is 0.387 e. The number of carbonyl (C=O) groups is 1. The first-order chi connectivity index (χ1) is 13.0. The van der Waals surface area contributed by atoms with Crippen molar-refractivity contribution in [3.63, 3.8) is 0 Å². The summed E-state index contributed by atoms with van der Waals surface area (Å²) in [5.74, 6) is 0.154. The molecule has 0 aliphatic carbocycles. The van der Waals surface area contributed by atoms with Crippen LogP contribution in [0.4, 0.5) is 8.78 Å². The number of ether oxygens (including phenoxy) is 5. The van der Waals surface area contributed by atoms with E-state index in [1.165, 1.54) is 51.7 Å². The predicted molar refractivity (Wildman–Crippen MR) is 93.8 cm³/mol. The zero-order valence-electron chi connectivity index (χ0n) is 14.9. The molecule has 0 atom stereocenters. The first-order valence-corrected chi connectivity index (χ1v) is 7.72. The Morgan fingerprint density at radius 3 is 2.11 bits per heavy atom. The molecule has 27 heavy (non-hydrogen) atoms. The zero-order chi connectivity index (χ0) is 19.8. The molecule has 0 aliphatic heterocycles. The van der Waals surface area contributed by atoms with Crippen molar-refractivity contribution in [2.75, 3.05) is 21.3 Å². The highest BCUT2D eigenvalue weighted by Crippen LogP contribution is 2.37. The molecular formula is C19H18F2O6. The molecule has 2 aromatic carbocycles. The third-order valence-electron chi connectivity index (χ3n) is 3.40. The van der Waals surface area contributed by atoms with Crippen LogP contribution in [0.15, 0.2) is 42.5 Å². The molecule has 2 rings (SSSR count). The second kappa shape index (κ2) is 9.42. The first-order valence-electron chi connectivity index (χ1n) is 7.72. The predicted octanol–water partition coefficient (Wildman–Crippen LogP) is 3.93. The molecule has 0 saturated heterocycles. The van der Waals surface area contributed by atoms with Crippen molar-refractivity contribution in [1.82, 2.24) is 0 Å². The summed E-state index contributed by atoms with van der Waals surface area (Å²) in [5.41, 5.74) is 0.525. The van der Waals surface area contributed by atoms with Crippen molar-refractivity contribution in [1.29, 1.82) is 0 Å². The normalized spacial score (nSPS) is 10.7. The number of hydrogen-bond donors (Lipinski definition) is 0. The monoisotopic (exact) mass is 380 g/mol. The molecule has 0 bridgehead atoms. The molecule has 144 valence electrons. The Hall–Kier alpha value is -3.29. The van der Waals surface area contributed by atoms with Gasteiger partial charge in [-0.3, -0.25) is 0 Å². The third-order valence-corrected chi connectivity index (χ3v) is 3.40. The largest absolute Gasteiger partial charge is 0.493 e. The van der Waals surface area contributed by atoms with Crippen molar-refractivity contribution in [2.24, 2.45) is 0 Å². The molecule has 0 N–H and O–H groups in total. The Labute approximate surface area is 154 Å². The second-order valence-corrected chi connectivity index (χ2v) is 5.03. The number of para-hydroxylation sites is 1. The Morgan fingerprint density at radius 1 is 0.926 bits per heavy atom. The lowest BCUT2D eigenvalue weighted by Crippen LogP contribution is -2.06. The van der Waals surface area contributed by atoms with Crippen LogP contribution in [0.1, 0.15) is 5.56 Å². The van der Waals surface area contributed by atoms with E-state index in [0.717, 1.165) is 0 Å². The minimum absolute atomic E-state index is 0.106. The van der Waals surface area contributed by atoms with Gasteiger partial charge in [0.15, 0.2) is 23.0 Å². The second-order valence-electron chi connectivity index (χ2n) is 5.03. The summed E-state index contributed by atoms with van der Waals surface area (Å²) in [6.45, 7) is -2.97. The summed E-state index contributed by atoms with van der Waals surface area (Å²) in [7, 11) is 4.21. The fourth-order valence-corrected chi connectivity index (χ4v) is 2.20. The van der Waals surface area contributed by atoms with Gasteiger partial charge in [0.2, 0.25) is 5.75 Å². The van der Waals surface area contributed by atoms with Crippen LogP contribution in [0.2, 0.25) is 0 Å². The summed E-state index contributed by atoms with van der Waals surface area (Å²) < 4.78 is 49.6. The highest BCUT2D eigenvalue weighted by atomic mass is 19.3. The topological polar surface area (TPSA) is 63.2 Å². The molecule has 6 nitrogen and oxygen atoms in total. The van der Waals surface area contributed by atoms with Crippen molar-refractivity contribution < 1.29 is 37.3 Å². The van der Waals surface area contributed by atoms with Crippen LogP contribution < -0.4 is 23.7 Å². The van der Waals surface area contributed by atoms with E-state index < -0.39 is 12.6 Å². The number of benzene rings is 2. The fourth-order valence-electron chi connectivity index (χ4n) is 2.20. The zero-order valence-corrected chi connectivity index (χ0v) is 14.9. The lowest BCUT2D eigenvalue weighted by Gasteiger charge is -2.11. The van der Waals surface area contributed by atoms with E-state index in [-0.39, 0.29) is 17.2 Å². The summed E-state index contributed by atoms with van der Waals surface area (Å²) in [4.78, 5) is 12.1. The fraction of sp³-hybridized carbons (Fsp3) is 0.211. The quantitative estimate of drug-likeness (QED) is 0.393. The molecule has 0 aliphatic rings. The van der Waals surface area contributed by atoms with E-state index in [4.69, 9.17) is 18.9 Å².